The molecule has 9 nitrogen and oxygen atoms in total. The Bertz CT molecular complexity index is 617. The first kappa shape index (κ1) is 16.4. The molecule has 112 valence electrons. The highest BCUT2D eigenvalue weighted by atomic mass is 35.5. The number of nitrogens with zero attached hydrogens (tertiary/aromatic N) is 1. The minimum atomic E-state index is -1.68. The number of halogens is 1. The SMILES string of the molecule is O=C(O)C[C@@H](NC(=O)c1cc([N+](=O)[O-])ccc1Cl)C(=O)O. The van der Waals surface area contributed by atoms with Gasteiger partial charge in [-0.15, -0.1) is 0 Å². The number of nitrogens with one attached hydrogen (secondary N) is 1. The minimum absolute atomic E-state index is 0.127. The average Bonchev–Trinajstić information content (AvgIpc) is 2.37. The molecule has 0 aromatic heterocycles. The van der Waals surface area contributed by atoms with E-state index >= 15 is 0 Å². The maximum absolute atomic E-state index is 11.9. The first-order chi connectivity index (χ1) is 9.72. The summed E-state index contributed by atoms with van der Waals surface area (Å²) in [6, 6.07) is 1.38. The predicted octanol–water partition coefficient (Wildman–Crippen LogP) is 0.906. The molecule has 0 aliphatic heterocycles. The second kappa shape index (κ2) is 6.66. The van der Waals surface area contributed by atoms with Gasteiger partial charge in [0.1, 0.15) is 6.04 Å². The molecule has 0 spiro atoms. The van der Waals surface area contributed by atoms with E-state index < -0.39 is 40.9 Å². The van der Waals surface area contributed by atoms with Crippen molar-refractivity contribution in [2.75, 3.05) is 0 Å². The summed E-state index contributed by atoms with van der Waals surface area (Å²) in [7, 11) is 0. The second-order valence-electron chi connectivity index (χ2n) is 3.88. The summed E-state index contributed by atoms with van der Waals surface area (Å²) < 4.78 is 0. The number of benzene rings is 1. The monoisotopic (exact) mass is 316 g/mol. The molecule has 0 saturated carbocycles. The lowest BCUT2D eigenvalue weighted by Crippen LogP contribution is -2.42. The number of hydrogen-bond donors (Lipinski definition) is 3. The standard InChI is InChI=1S/C11H9ClN2O7/c12-7-2-1-5(14(20)21)3-6(7)10(17)13-8(11(18)19)4-9(15)16/h1-3,8H,4H2,(H,13,17)(H,15,16)(H,18,19)/t8-/m1/s1. The number of non-ortho nitro benzene ring substituents is 1. The smallest absolute Gasteiger partial charge is 0.326 e. The predicted molar refractivity (Wildman–Crippen MR) is 69.2 cm³/mol. The van der Waals surface area contributed by atoms with Crippen LogP contribution in [0.1, 0.15) is 16.8 Å². The molecule has 0 saturated heterocycles. The quantitative estimate of drug-likeness (QED) is 0.521. The van der Waals surface area contributed by atoms with Gasteiger partial charge in [-0.1, -0.05) is 11.6 Å². The number of carbonyl (C=O) groups is 3. The molecule has 1 aromatic rings. The van der Waals surface area contributed by atoms with Crippen molar-refractivity contribution in [3.8, 4) is 0 Å². The van der Waals surface area contributed by atoms with Gasteiger partial charge in [0.05, 0.1) is 21.9 Å². The fourth-order valence-electron chi connectivity index (χ4n) is 1.41. The first-order valence-electron chi connectivity index (χ1n) is 5.41. The zero-order chi connectivity index (χ0) is 16.2. The Morgan fingerprint density at radius 2 is 1.95 bits per heavy atom. The Kier molecular flexibility index (Phi) is 5.19. The van der Waals surface area contributed by atoms with Crippen LogP contribution in [0.25, 0.3) is 0 Å². The highest BCUT2D eigenvalue weighted by molar-refractivity contribution is 6.34. The van der Waals surface area contributed by atoms with Gasteiger partial charge in [0.25, 0.3) is 11.6 Å². The molecule has 0 aliphatic carbocycles. The lowest BCUT2D eigenvalue weighted by atomic mass is 10.1. The van der Waals surface area contributed by atoms with Crippen LogP contribution < -0.4 is 5.32 Å². The van der Waals surface area contributed by atoms with E-state index in [-0.39, 0.29) is 10.6 Å². The highest BCUT2D eigenvalue weighted by Gasteiger charge is 2.25. The summed E-state index contributed by atoms with van der Waals surface area (Å²) in [6.07, 6.45) is -0.840. The normalized spacial score (nSPS) is 11.5. The van der Waals surface area contributed by atoms with Crippen molar-refractivity contribution < 1.29 is 29.5 Å². The fourth-order valence-corrected chi connectivity index (χ4v) is 1.61. The number of rotatable bonds is 6. The third-order valence-electron chi connectivity index (χ3n) is 2.39. The number of aliphatic carboxylic acids is 2. The van der Waals surface area contributed by atoms with Crippen LogP contribution in [0.5, 0.6) is 0 Å². The maximum Gasteiger partial charge on any atom is 0.326 e. The average molecular weight is 317 g/mol. The van der Waals surface area contributed by atoms with E-state index in [0.717, 1.165) is 18.2 Å². The molecular formula is C11H9ClN2O7. The van der Waals surface area contributed by atoms with Gasteiger partial charge >= 0.3 is 11.9 Å². The van der Waals surface area contributed by atoms with Gasteiger partial charge < -0.3 is 15.5 Å². The van der Waals surface area contributed by atoms with E-state index in [0.29, 0.717) is 0 Å². The Morgan fingerprint density at radius 1 is 1.33 bits per heavy atom. The molecule has 0 heterocycles. The van der Waals surface area contributed by atoms with Crippen LogP contribution in [0.4, 0.5) is 5.69 Å². The Balaban J connectivity index is 3.02. The topological polar surface area (TPSA) is 147 Å². The molecule has 0 bridgehead atoms. The van der Waals surface area contributed by atoms with Crippen molar-refractivity contribution in [2.45, 2.75) is 12.5 Å². The molecule has 0 radical (unpaired) electrons. The van der Waals surface area contributed by atoms with Crippen molar-refractivity contribution in [2.24, 2.45) is 0 Å². The molecule has 3 N–H and O–H groups in total. The number of carbonyl (C=O) groups excluding carboxylic acids is 1. The lowest BCUT2D eigenvalue weighted by Gasteiger charge is -2.12. The summed E-state index contributed by atoms with van der Waals surface area (Å²) in [6.45, 7) is 0. The van der Waals surface area contributed by atoms with Gasteiger partial charge in [-0.2, -0.15) is 0 Å². The Labute approximate surface area is 122 Å². The number of nitro groups is 1. The number of carboxylic acids is 2. The molecular weight excluding hydrogens is 308 g/mol. The van der Waals surface area contributed by atoms with Crippen LogP contribution in [0.3, 0.4) is 0 Å². The van der Waals surface area contributed by atoms with Crippen molar-refractivity contribution in [3.63, 3.8) is 0 Å². The van der Waals surface area contributed by atoms with Crippen LogP contribution in [-0.4, -0.2) is 39.0 Å². The molecule has 1 atom stereocenters. The van der Waals surface area contributed by atoms with Gasteiger partial charge in [0.2, 0.25) is 0 Å². The zero-order valence-electron chi connectivity index (χ0n) is 10.3. The number of amides is 1. The van der Waals surface area contributed by atoms with Gasteiger partial charge in [-0.25, -0.2) is 4.79 Å². The fraction of sp³-hybridized carbons (Fsp3) is 0.182. The van der Waals surface area contributed by atoms with Crippen molar-refractivity contribution in [1.29, 1.82) is 0 Å². The molecule has 1 aromatic carbocycles. The van der Waals surface area contributed by atoms with Crippen LogP contribution in [0.15, 0.2) is 18.2 Å². The third kappa shape index (κ3) is 4.42. The molecule has 1 rings (SSSR count). The van der Waals surface area contributed by atoms with E-state index in [9.17, 15) is 24.5 Å². The molecule has 1 amide bonds. The Morgan fingerprint density at radius 3 is 2.43 bits per heavy atom. The van der Waals surface area contributed by atoms with Gasteiger partial charge in [0, 0.05) is 12.1 Å². The largest absolute Gasteiger partial charge is 0.481 e. The first-order valence-corrected chi connectivity index (χ1v) is 5.79. The minimum Gasteiger partial charge on any atom is -0.481 e. The number of nitro benzene ring substituents is 1. The van der Waals surface area contributed by atoms with Crippen LogP contribution in [0.2, 0.25) is 5.02 Å². The van der Waals surface area contributed by atoms with Gasteiger partial charge in [0.15, 0.2) is 0 Å². The third-order valence-corrected chi connectivity index (χ3v) is 2.72. The molecule has 0 unspecified atom stereocenters. The number of carboxylic acid groups (broad SMARTS) is 2. The van der Waals surface area contributed by atoms with Crippen LogP contribution in [0, 0.1) is 10.1 Å². The molecule has 0 fully saturated rings. The van der Waals surface area contributed by atoms with Gasteiger partial charge in [-0.3, -0.25) is 19.7 Å². The molecule has 10 heteroatoms. The summed E-state index contributed by atoms with van der Waals surface area (Å²) >= 11 is 5.72. The highest BCUT2D eigenvalue weighted by Crippen LogP contribution is 2.22. The summed E-state index contributed by atoms with van der Waals surface area (Å²) in [5.74, 6) is -3.99. The molecule has 21 heavy (non-hydrogen) atoms. The van der Waals surface area contributed by atoms with Crippen LogP contribution >= 0.6 is 11.6 Å². The van der Waals surface area contributed by atoms with E-state index in [1.165, 1.54) is 0 Å². The summed E-state index contributed by atoms with van der Waals surface area (Å²) in [4.78, 5) is 43.1. The van der Waals surface area contributed by atoms with E-state index in [4.69, 9.17) is 21.8 Å². The summed E-state index contributed by atoms with van der Waals surface area (Å²) in [5.41, 5.74) is -0.725. The second-order valence-corrected chi connectivity index (χ2v) is 4.29. The lowest BCUT2D eigenvalue weighted by molar-refractivity contribution is -0.384. The Hall–Kier alpha value is -2.68. The number of hydrogen-bond acceptors (Lipinski definition) is 5. The van der Waals surface area contributed by atoms with Crippen molar-refractivity contribution >= 4 is 35.1 Å². The maximum atomic E-state index is 11.9. The van der Waals surface area contributed by atoms with Gasteiger partial charge in [-0.05, 0) is 6.07 Å². The van der Waals surface area contributed by atoms with E-state index in [2.05, 4.69) is 0 Å². The molecule has 0 aliphatic rings. The van der Waals surface area contributed by atoms with Crippen molar-refractivity contribution in [1.82, 2.24) is 5.32 Å². The van der Waals surface area contributed by atoms with E-state index in [1.807, 2.05) is 5.32 Å². The van der Waals surface area contributed by atoms with E-state index in [1.54, 1.807) is 0 Å². The van der Waals surface area contributed by atoms with Crippen molar-refractivity contribution in [3.05, 3.63) is 38.9 Å². The zero-order valence-corrected chi connectivity index (χ0v) is 11.0. The van der Waals surface area contributed by atoms with Crippen LogP contribution in [-0.2, 0) is 9.59 Å². The summed E-state index contributed by atoms with van der Waals surface area (Å²) in [5, 5.41) is 29.8.